The highest BCUT2D eigenvalue weighted by atomic mass is 32.2. The largest absolute Gasteiger partial charge is 0.478 e. The van der Waals surface area contributed by atoms with Crippen molar-refractivity contribution < 1.29 is 18.3 Å². The molecule has 0 saturated carbocycles. The van der Waals surface area contributed by atoms with Crippen molar-refractivity contribution in [2.75, 3.05) is 7.05 Å². The fourth-order valence-electron chi connectivity index (χ4n) is 1.09. The summed E-state index contributed by atoms with van der Waals surface area (Å²) in [4.78, 5) is 10.6. The first-order chi connectivity index (χ1) is 6.94. The summed E-state index contributed by atoms with van der Waals surface area (Å²) >= 11 is 0. The molecule has 0 aliphatic rings. The van der Waals surface area contributed by atoms with Crippen molar-refractivity contribution in [1.29, 1.82) is 0 Å². The Morgan fingerprint density at radius 1 is 1.47 bits per heavy atom. The Hall–Kier alpha value is -1.40. The van der Waals surface area contributed by atoms with E-state index in [1.54, 1.807) is 6.07 Å². The van der Waals surface area contributed by atoms with Crippen LogP contribution in [0.5, 0.6) is 0 Å². The van der Waals surface area contributed by atoms with E-state index in [4.69, 9.17) is 5.11 Å². The number of carbonyl (C=O) groups is 1. The molecule has 2 N–H and O–H groups in total. The summed E-state index contributed by atoms with van der Waals surface area (Å²) < 4.78 is 24.5. The first-order valence-electron chi connectivity index (χ1n) is 4.18. The number of carboxylic acids is 1. The molecule has 0 saturated heterocycles. The third-order valence-electron chi connectivity index (χ3n) is 1.84. The molecule has 15 heavy (non-hydrogen) atoms. The van der Waals surface area contributed by atoms with Gasteiger partial charge in [0.05, 0.1) is 11.3 Å². The van der Waals surface area contributed by atoms with Gasteiger partial charge in [0.15, 0.2) is 0 Å². The summed E-state index contributed by atoms with van der Waals surface area (Å²) in [5.74, 6) is -1.29. The summed E-state index contributed by atoms with van der Waals surface area (Å²) in [6.07, 6.45) is 0. The van der Waals surface area contributed by atoms with Gasteiger partial charge in [-0.1, -0.05) is 12.1 Å². The molecule has 6 heteroatoms. The summed E-state index contributed by atoms with van der Waals surface area (Å²) in [6.45, 7) is 0. The second kappa shape index (κ2) is 4.41. The van der Waals surface area contributed by atoms with Crippen LogP contribution in [0.25, 0.3) is 0 Å². The van der Waals surface area contributed by atoms with Crippen molar-refractivity contribution >= 4 is 16.0 Å². The van der Waals surface area contributed by atoms with Crippen molar-refractivity contribution in [2.24, 2.45) is 0 Å². The lowest BCUT2D eigenvalue weighted by Gasteiger charge is -2.03. The molecule has 0 aliphatic heterocycles. The molecule has 0 radical (unpaired) electrons. The van der Waals surface area contributed by atoms with Crippen molar-refractivity contribution in [3.05, 3.63) is 35.4 Å². The zero-order valence-corrected chi connectivity index (χ0v) is 8.91. The lowest BCUT2D eigenvalue weighted by Crippen LogP contribution is -2.20. The van der Waals surface area contributed by atoms with Crippen LogP contribution >= 0.6 is 0 Å². The summed E-state index contributed by atoms with van der Waals surface area (Å²) in [6, 6.07) is 5.85. The first-order valence-corrected chi connectivity index (χ1v) is 5.83. The molecule has 0 aromatic heterocycles. The molecule has 0 heterocycles. The highest BCUT2D eigenvalue weighted by Gasteiger charge is 2.10. The molecule has 0 atom stereocenters. The topological polar surface area (TPSA) is 83.5 Å². The van der Waals surface area contributed by atoms with Crippen LogP contribution in [0.2, 0.25) is 0 Å². The molecule has 0 unspecified atom stereocenters. The lowest BCUT2D eigenvalue weighted by molar-refractivity contribution is 0.0696. The number of carboxylic acid groups (broad SMARTS) is 1. The third kappa shape index (κ3) is 3.34. The Morgan fingerprint density at radius 3 is 2.67 bits per heavy atom. The van der Waals surface area contributed by atoms with Crippen molar-refractivity contribution in [3.63, 3.8) is 0 Å². The van der Waals surface area contributed by atoms with E-state index in [1.165, 1.54) is 25.2 Å². The second-order valence-corrected chi connectivity index (χ2v) is 4.90. The SMILES string of the molecule is CNS(=O)(=O)Cc1cccc(C(=O)O)c1. The molecule has 1 aromatic carbocycles. The number of aromatic carboxylic acids is 1. The average molecular weight is 229 g/mol. The summed E-state index contributed by atoms with van der Waals surface area (Å²) in [5.41, 5.74) is 0.531. The van der Waals surface area contributed by atoms with Gasteiger partial charge in [0.1, 0.15) is 0 Å². The maximum absolute atomic E-state index is 11.2. The smallest absolute Gasteiger partial charge is 0.335 e. The highest BCUT2D eigenvalue weighted by molar-refractivity contribution is 7.88. The van der Waals surface area contributed by atoms with E-state index in [1.807, 2.05) is 0 Å². The molecule has 0 aliphatic carbocycles. The van der Waals surface area contributed by atoms with Gasteiger partial charge in [-0.3, -0.25) is 0 Å². The molecule has 0 amide bonds. The number of rotatable bonds is 4. The molecular weight excluding hydrogens is 218 g/mol. The average Bonchev–Trinajstić information content (AvgIpc) is 2.17. The maximum atomic E-state index is 11.2. The van der Waals surface area contributed by atoms with Crippen LogP contribution in [0, 0.1) is 0 Å². The first kappa shape index (κ1) is 11.7. The van der Waals surface area contributed by atoms with Crippen LogP contribution in [0.15, 0.2) is 24.3 Å². The van der Waals surface area contributed by atoms with Crippen LogP contribution in [0.4, 0.5) is 0 Å². The number of sulfonamides is 1. The van der Waals surface area contributed by atoms with Gasteiger partial charge in [0.25, 0.3) is 0 Å². The van der Waals surface area contributed by atoms with E-state index in [0.717, 1.165) is 0 Å². The number of nitrogens with one attached hydrogen (secondary N) is 1. The van der Waals surface area contributed by atoms with E-state index in [9.17, 15) is 13.2 Å². The van der Waals surface area contributed by atoms with Crippen LogP contribution in [-0.4, -0.2) is 26.5 Å². The predicted molar refractivity (Wildman–Crippen MR) is 55.1 cm³/mol. The standard InChI is InChI=1S/C9H11NO4S/c1-10-15(13,14)6-7-3-2-4-8(5-7)9(11)12/h2-5,10H,6H2,1H3,(H,11,12). The Morgan fingerprint density at radius 2 is 2.13 bits per heavy atom. The normalized spacial score (nSPS) is 11.3. The van der Waals surface area contributed by atoms with Crippen molar-refractivity contribution in [2.45, 2.75) is 5.75 Å². The van der Waals surface area contributed by atoms with Gasteiger partial charge in [-0.05, 0) is 24.7 Å². The Balaban J connectivity index is 2.97. The third-order valence-corrected chi connectivity index (χ3v) is 3.18. The maximum Gasteiger partial charge on any atom is 0.335 e. The van der Waals surface area contributed by atoms with E-state index in [0.29, 0.717) is 5.56 Å². The Labute approximate surface area is 87.8 Å². The van der Waals surface area contributed by atoms with Crippen LogP contribution in [0.1, 0.15) is 15.9 Å². The lowest BCUT2D eigenvalue weighted by atomic mass is 10.1. The predicted octanol–water partition coefficient (Wildman–Crippen LogP) is 0.434. The van der Waals surface area contributed by atoms with Gasteiger partial charge in [0, 0.05) is 0 Å². The molecule has 0 spiro atoms. The van der Waals surface area contributed by atoms with Gasteiger partial charge >= 0.3 is 5.97 Å². The number of hydrogen-bond donors (Lipinski definition) is 2. The Kier molecular flexibility index (Phi) is 3.43. The number of benzene rings is 1. The van der Waals surface area contributed by atoms with Crippen LogP contribution in [0.3, 0.4) is 0 Å². The molecule has 0 fully saturated rings. The highest BCUT2D eigenvalue weighted by Crippen LogP contribution is 2.08. The molecule has 0 bridgehead atoms. The zero-order valence-electron chi connectivity index (χ0n) is 8.10. The molecule has 1 aromatic rings. The fourth-order valence-corrected chi connectivity index (χ4v) is 1.85. The molecule has 5 nitrogen and oxygen atoms in total. The fraction of sp³-hybridized carbons (Fsp3) is 0.222. The molecular formula is C9H11NO4S. The van der Waals surface area contributed by atoms with Gasteiger partial charge in [-0.15, -0.1) is 0 Å². The van der Waals surface area contributed by atoms with E-state index in [2.05, 4.69) is 4.72 Å². The van der Waals surface area contributed by atoms with Crippen molar-refractivity contribution in [3.8, 4) is 0 Å². The molecule has 82 valence electrons. The number of hydrogen-bond acceptors (Lipinski definition) is 3. The minimum atomic E-state index is -3.36. The quantitative estimate of drug-likeness (QED) is 0.784. The molecule has 1 rings (SSSR count). The van der Waals surface area contributed by atoms with Gasteiger partial charge in [0.2, 0.25) is 10.0 Å². The van der Waals surface area contributed by atoms with Gasteiger partial charge < -0.3 is 5.11 Å². The van der Waals surface area contributed by atoms with E-state index < -0.39 is 16.0 Å². The van der Waals surface area contributed by atoms with E-state index in [-0.39, 0.29) is 11.3 Å². The zero-order chi connectivity index (χ0) is 11.5. The van der Waals surface area contributed by atoms with Crippen LogP contribution < -0.4 is 4.72 Å². The summed E-state index contributed by atoms with van der Waals surface area (Å²) in [7, 11) is -2.04. The minimum Gasteiger partial charge on any atom is -0.478 e. The Bertz CT molecular complexity index is 467. The van der Waals surface area contributed by atoms with Crippen LogP contribution in [-0.2, 0) is 15.8 Å². The second-order valence-electron chi connectivity index (χ2n) is 2.97. The van der Waals surface area contributed by atoms with E-state index >= 15 is 0 Å². The monoisotopic (exact) mass is 229 g/mol. The minimum absolute atomic E-state index is 0.0822. The van der Waals surface area contributed by atoms with Gasteiger partial charge in [-0.2, -0.15) is 0 Å². The van der Waals surface area contributed by atoms with Gasteiger partial charge in [-0.25, -0.2) is 17.9 Å². The summed E-state index contributed by atoms with van der Waals surface area (Å²) in [5, 5.41) is 8.70. The van der Waals surface area contributed by atoms with Crippen molar-refractivity contribution in [1.82, 2.24) is 4.72 Å².